The van der Waals surface area contributed by atoms with Crippen molar-refractivity contribution in [2.24, 2.45) is 5.14 Å². The lowest BCUT2D eigenvalue weighted by atomic mass is 9.99. The van der Waals surface area contributed by atoms with Crippen molar-refractivity contribution in [2.75, 3.05) is 7.05 Å². The first kappa shape index (κ1) is 16.1. The van der Waals surface area contributed by atoms with Crippen LogP contribution in [-0.4, -0.2) is 31.8 Å². The van der Waals surface area contributed by atoms with Gasteiger partial charge in [0, 0.05) is 18.0 Å². The average molecular weight is 304 g/mol. The van der Waals surface area contributed by atoms with Crippen LogP contribution in [-0.2, 0) is 10.0 Å². The Hall–Kier alpha value is -0.920. The smallest absolute Gasteiger partial charge is 0.255 e. The lowest BCUT2D eigenvalue weighted by Gasteiger charge is -2.34. The van der Waals surface area contributed by atoms with Crippen molar-refractivity contribution < 1.29 is 13.2 Å². The first-order valence-electron chi connectivity index (χ1n) is 5.91. The van der Waals surface area contributed by atoms with Crippen LogP contribution >= 0.6 is 11.3 Å². The highest BCUT2D eigenvalue weighted by molar-refractivity contribution is 7.91. The van der Waals surface area contributed by atoms with Gasteiger partial charge in [-0.1, -0.05) is 6.92 Å². The number of sulfonamides is 1. The van der Waals surface area contributed by atoms with Gasteiger partial charge >= 0.3 is 0 Å². The Labute approximate surface area is 118 Å². The molecule has 1 aromatic rings. The number of carbonyl (C=O) groups excluding carboxylic acids is 1. The SMILES string of the molecule is CCC(C)(C)N(C)C(=O)c1csc(S(N)(=O)=O)c1C. The molecule has 19 heavy (non-hydrogen) atoms. The van der Waals surface area contributed by atoms with Crippen molar-refractivity contribution in [3.8, 4) is 0 Å². The molecule has 1 heterocycles. The number of carbonyl (C=O) groups is 1. The number of hydrogen-bond donors (Lipinski definition) is 1. The van der Waals surface area contributed by atoms with Gasteiger partial charge in [0.1, 0.15) is 4.21 Å². The molecule has 0 saturated carbocycles. The summed E-state index contributed by atoms with van der Waals surface area (Å²) in [5.74, 6) is -0.185. The molecule has 0 unspecified atom stereocenters. The molecule has 0 spiro atoms. The lowest BCUT2D eigenvalue weighted by Crippen LogP contribution is -2.44. The van der Waals surface area contributed by atoms with Gasteiger partial charge in [-0.25, -0.2) is 13.6 Å². The van der Waals surface area contributed by atoms with Gasteiger partial charge in [-0.2, -0.15) is 0 Å². The van der Waals surface area contributed by atoms with E-state index in [0.717, 1.165) is 17.8 Å². The maximum atomic E-state index is 12.4. The van der Waals surface area contributed by atoms with Gasteiger partial charge in [0.15, 0.2) is 0 Å². The zero-order chi connectivity index (χ0) is 15.0. The van der Waals surface area contributed by atoms with Gasteiger partial charge in [0.2, 0.25) is 10.0 Å². The third kappa shape index (κ3) is 3.16. The summed E-state index contributed by atoms with van der Waals surface area (Å²) in [7, 11) is -2.04. The second-order valence-electron chi connectivity index (χ2n) is 5.14. The highest BCUT2D eigenvalue weighted by Gasteiger charge is 2.29. The molecule has 7 heteroatoms. The Kier molecular flexibility index (Phi) is 4.44. The molecule has 0 aliphatic carbocycles. The molecule has 1 rings (SSSR count). The summed E-state index contributed by atoms with van der Waals surface area (Å²) in [4.78, 5) is 14.0. The predicted molar refractivity (Wildman–Crippen MR) is 76.9 cm³/mol. The molecular formula is C12H20N2O3S2. The number of rotatable bonds is 4. The van der Waals surface area contributed by atoms with E-state index in [0.29, 0.717) is 11.1 Å². The van der Waals surface area contributed by atoms with Gasteiger partial charge < -0.3 is 4.90 Å². The van der Waals surface area contributed by atoms with Crippen LogP contribution in [0.5, 0.6) is 0 Å². The third-order valence-corrected chi connectivity index (χ3v) is 6.24. The van der Waals surface area contributed by atoms with Crippen LogP contribution in [0.4, 0.5) is 0 Å². The normalized spacial score (nSPS) is 12.5. The van der Waals surface area contributed by atoms with Crippen LogP contribution in [0.25, 0.3) is 0 Å². The zero-order valence-electron chi connectivity index (χ0n) is 11.9. The summed E-state index contributed by atoms with van der Waals surface area (Å²) in [6.07, 6.45) is 0.806. The Morgan fingerprint density at radius 2 is 2.00 bits per heavy atom. The minimum Gasteiger partial charge on any atom is -0.337 e. The Morgan fingerprint density at radius 3 is 2.37 bits per heavy atom. The second kappa shape index (κ2) is 5.22. The van der Waals surface area contributed by atoms with E-state index in [9.17, 15) is 13.2 Å². The molecule has 1 amide bonds. The van der Waals surface area contributed by atoms with Crippen LogP contribution < -0.4 is 5.14 Å². The van der Waals surface area contributed by atoms with E-state index in [2.05, 4.69) is 0 Å². The minimum atomic E-state index is -3.77. The van der Waals surface area contributed by atoms with Crippen LogP contribution in [0.3, 0.4) is 0 Å². The molecule has 108 valence electrons. The molecule has 1 aromatic heterocycles. The molecule has 0 saturated heterocycles. The van der Waals surface area contributed by atoms with Crippen LogP contribution in [0.1, 0.15) is 43.1 Å². The van der Waals surface area contributed by atoms with E-state index < -0.39 is 10.0 Å². The number of primary sulfonamides is 1. The highest BCUT2D eigenvalue weighted by Crippen LogP contribution is 2.28. The fraction of sp³-hybridized carbons (Fsp3) is 0.583. The molecule has 0 fully saturated rings. The van der Waals surface area contributed by atoms with E-state index >= 15 is 0 Å². The van der Waals surface area contributed by atoms with Crippen molar-refractivity contribution in [3.63, 3.8) is 0 Å². The summed E-state index contributed by atoms with van der Waals surface area (Å²) in [5.41, 5.74) is 0.544. The highest BCUT2D eigenvalue weighted by atomic mass is 32.2. The number of nitrogens with two attached hydrogens (primary N) is 1. The van der Waals surface area contributed by atoms with Gasteiger partial charge in [-0.05, 0) is 32.8 Å². The largest absolute Gasteiger partial charge is 0.337 e. The number of thiophene rings is 1. The van der Waals surface area contributed by atoms with E-state index in [1.165, 1.54) is 0 Å². The van der Waals surface area contributed by atoms with Gasteiger partial charge in [0.05, 0.1) is 5.56 Å². The zero-order valence-corrected chi connectivity index (χ0v) is 13.5. The summed E-state index contributed by atoms with van der Waals surface area (Å²) in [6.45, 7) is 7.54. The fourth-order valence-electron chi connectivity index (χ4n) is 1.58. The maximum absolute atomic E-state index is 12.4. The molecule has 0 atom stereocenters. The number of nitrogens with zero attached hydrogens (tertiary/aromatic N) is 1. The van der Waals surface area contributed by atoms with Gasteiger partial charge in [-0.3, -0.25) is 4.79 Å². The topological polar surface area (TPSA) is 80.5 Å². The standard InChI is InChI=1S/C12H20N2O3S2/c1-6-12(3,4)14(5)10(15)9-7-18-11(8(9)2)19(13,16)17/h7H,6H2,1-5H3,(H2,13,16,17). The summed E-state index contributed by atoms with van der Waals surface area (Å²) in [5, 5.41) is 6.67. The molecule has 0 aromatic carbocycles. The van der Waals surface area contributed by atoms with Crippen molar-refractivity contribution in [1.82, 2.24) is 4.90 Å². The molecule has 5 nitrogen and oxygen atoms in total. The third-order valence-electron chi connectivity index (χ3n) is 3.56. The lowest BCUT2D eigenvalue weighted by molar-refractivity contribution is 0.0620. The fourth-order valence-corrected chi connectivity index (χ4v) is 3.59. The van der Waals surface area contributed by atoms with Crippen molar-refractivity contribution in [3.05, 3.63) is 16.5 Å². The Balaban J connectivity index is 3.20. The van der Waals surface area contributed by atoms with E-state index in [4.69, 9.17) is 5.14 Å². The summed E-state index contributed by atoms with van der Waals surface area (Å²) >= 11 is 0.987. The maximum Gasteiger partial charge on any atom is 0.255 e. The van der Waals surface area contributed by atoms with E-state index in [1.807, 2.05) is 20.8 Å². The van der Waals surface area contributed by atoms with Crippen molar-refractivity contribution >= 4 is 27.3 Å². The molecule has 0 bridgehead atoms. The Bertz CT molecular complexity index is 588. The van der Waals surface area contributed by atoms with Crippen LogP contribution in [0, 0.1) is 6.92 Å². The predicted octanol–water partition coefficient (Wildman–Crippen LogP) is 1.96. The summed E-state index contributed by atoms with van der Waals surface area (Å²) in [6, 6.07) is 0. The van der Waals surface area contributed by atoms with Crippen molar-refractivity contribution in [1.29, 1.82) is 0 Å². The monoisotopic (exact) mass is 304 g/mol. The average Bonchev–Trinajstić information content (AvgIpc) is 2.68. The van der Waals surface area contributed by atoms with Gasteiger partial charge in [-0.15, -0.1) is 11.3 Å². The summed E-state index contributed by atoms with van der Waals surface area (Å²) < 4.78 is 22.8. The molecule has 0 aliphatic heterocycles. The quantitative estimate of drug-likeness (QED) is 0.923. The molecule has 2 N–H and O–H groups in total. The minimum absolute atomic E-state index is 0.0542. The molecule has 0 radical (unpaired) electrons. The van der Waals surface area contributed by atoms with Crippen LogP contribution in [0.15, 0.2) is 9.59 Å². The Morgan fingerprint density at radius 1 is 1.47 bits per heavy atom. The first-order valence-corrected chi connectivity index (χ1v) is 8.34. The molecular weight excluding hydrogens is 284 g/mol. The van der Waals surface area contributed by atoms with Crippen LogP contribution in [0.2, 0.25) is 0 Å². The molecule has 0 aliphatic rings. The second-order valence-corrected chi connectivity index (χ2v) is 7.77. The number of amides is 1. The van der Waals surface area contributed by atoms with E-state index in [1.54, 1.807) is 24.3 Å². The van der Waals surface area contributed by atoms with Gasteiger partial charge in [0.25, 0.3) is 5.91 Å². The van der Waals surface area contributed by atoms with E-state index in [-0.39, 0.29) is 15.7 Å². The van der Waals surface area contributed by atoms with Crippen molar-refractivity contribution in [2.45, 2.75) is 43.9 Å². The number of hydrogen-bond acceptors (Lipinski definition) is 4. The first-order chi connectivity index (χ1) is 8.52.